The third-order valence-electron chi connectivity index (χ3n) is 6.21. The molecule has 11 nitrogen and oxygen atoms in total. The van der Waals surface area contributed by atoms with Gasteiger partial charge in [0, 0.05) is 56.9 Å². The van der Waals surface area contributed by atoms with Gasteiger partial charge in [-0.05, 0) is 6.07 Å². The van der Waals surface area contributed by atoms with Crippen molar-refractivity contribution in [2.45, 2.75) is 12.7 Å². The molecule has 2 aliphatic heterocycles. The fourth-order valence-corrected chi connectivity index (χ4v) is 6.35. The van der Waals surface area contributed by atoms with Gasteiger partial charge in [0.15, 0.2) is 17.3 Å². The number of fused-ring (bicyclic) bond motifs is 1. The molecule has 0 aromatic carbocycles. The first kappa shape index (κ1) is 26.0. The Balaban J connectivity index is 1.52. The summed E-state index contributed by atoms with van der Waals surface area (Å²) in [5.74, 6) is -0.0850. The highest BCUT2D eigenvalue weighted by molar-refractivity contribution is 7.88. The maximum Gasteiger partial charge on any atom is 0.434 e. The molecular weight excluding hydrogens is 533 g/mol. The molecule has 0 atom stereocenters. The minimum absolute atomic E-state index is 0.132. The van der Waals surface area contributed by atoms with Crippen LogP contribution in [0.5, 0.6) is 0 Å². The molecule has 2 N–H and O–H groups in total. The summed E-state index contributed by atoms with van der Waals surface area (Å²) in [6.07, 6.45) is -2.56. The molecule has 0 unspecified atom stereocenters. The summed E-state index contributed by atoms with van der Waals surface area (Å²) in [6.45, 7) is 4.56. The highest BCUT2D eigenvalue weighted by Crippen LogP contribution is 2.38. The Morgan fingerprint density at radius 1 is 1.08 bits per heavy atom. The molecule has 5 heterocycles. The number of rotatable bonds is 5. The van der Waals surface area contributed by atoms with Crippen LogP contribution in [0.25, 0.3) is 21.6 Å². The van der Waals surface area contributed by atoms with Crippen LogP contribution in [0.2, 0.25) is 0 Å². The van der Waals surface area contributed by atoms with Crippen molar-refractivity contribution in [1.29, 1.82) is 0 Å². The summed E-state index contributed by atoms with van der Waals surface area (Å²) in [5.41, 5.74) is 4.43. The SMILES string of the molecule is CS(=O)(=O)N1CCN(Cc2cc3nc(-c4cnc(N)nc4C(F)(F)F)nc(N4CCOCC4)c3s2)CC1. The molecule has 37 heavy (non-hydrogen) atoms. The Hall–Kier alpha value is -2.66. The van der Waals surface area contributed by atoms with Crippen molar-refractivity contribution in [2.24, 2.45) is 0 Å². The number of thiophene rings is 1. The van der Waals surface area contributed by atoms with E-state index in [9.17, 15) is 21.6 Å². The molecule has 2 saturated heterocycles. The molecule has 200 valence electrons. The Bertz CT molecular complexity index is 1400. The summed E-state index contributed by atoms with van der Waals surface area (Å²) in [6, 6.07) is 1.85. The fraction of sp³-hybridized carbons (Fsp3) is 0.524. The fourth-order valence-electron chi connectivity index (χ4n) is 4.37. The topological polar surface area (TPSA) is 131 Å². The van der Waals surface area contributed by atoms with Crippen molar-refractivity contribution in [2.75, 3.05) is 69.4 Å². The molecule has 3 aromatic heterocycles. The van der Waals surface area contributed by atoms with Gasteiger partial charge in [0.2, 0.25) is 16.0 Å². The van der Waals surface area contributed by atoms with Gasteiger partial charge >= 0.3 is 6.18 Å². The number of aromatic nitrogens is 4. The Labute approximate surface area is 215 Å². The van der Waals surface area contributed by atoms with Gasteiger partial charge < -0.3 is 15.4 Å². The summed E-state index contributed by atoms with van der Waals surface area (Å²) in [5, 5.41) is 0. The van der Waals surface area contributed by atoms with E-state index in [0.717, 1.165) is 15.8 Å². The molecule has 3 aromatic rings. The molecule has 0 spiro atoms. The first-order valence-electron chi connectivity index (χ1n) is 11.5. The highest BCUT2D eigenvalue weighted by atomic mass is 32.2. The van der Waals surface area contributed by atoms with Gasteiger partial charge in [-0.15, -0.1) is 11.3 Å². The minimum atomic E-state index is -4.77. The first-order valence-corrected chi connectivity index (χ1v) is 14.2. The molecule has 0 radical (unpaired) electrons. The highest BCUT2D eigenvalue weighted by Gasteiger charge is 2.37. The van der Waals surface area contributed by atoms with Crippen LogP contribution >= 0.6 is 11.3 Å². The molecule has 0 amide bonds. The van der Waals surface area contributed by atoms with Crippen molar-refractivity contribution in [3.8, 4) is 11.4 Å². The zero-order chi connectivity index (χ0) is 26.4. The molecule has 0 saturated carbocycles. The van der Waals surface area contributed by atoms with Crippen LogP contribution in [0.15, 0.2) is 12.3 Å². The van der Waals surface area contributed by atoms with E-state index < -0.39 is 27.8 Å². The normalized spacial score (nSPS) is 18.5. The first-order chi connectivity index (χ1) is 17.5. The smallest absolute Gasteiger partial charge is 0.378 e. The Kier molecular flexibility index (Phi) is 6.95. The van der Waals surface area contributed by atoms with Gasteiger partial charge in [-0.1, -0.05) is 0 Å². The minimum Gasteiger partial charge on any atom is -0.378 e. The molecule has 2 aliphatic rings. The quantitative estimate of drug-likeness (QED) is 0.493. The number of hydrogen-bond donors (Lipinski definition) is 1. The summed E-state index contributed by atoms with van der Waals surface area (Å²) < 4.78 is 72.6. The number of morpholine rings is 1. The number of halogens is 3. The van der Waals surface area contributed by atoms with Gasteiger partial charge in [0.25, 0.3) is 0 Å². The third kappa shape index (κ3) is 5.62. The van der Waals surface area contributed by atoms with Gasteiger partial charge in [-0.25, -0.2) is 28.4 Å². The van der Waals surface area contributed by atoms with Crippen molar-refractivity contribution >= 4 is 43.3 Å². The lowest BCUT2D eigenvalue weighted by Gasteiger charge is -2.32. The van der Waals surface area contributed by atoms with E-state index in [0.29, 0.717) is 70.4 Å². The van der Waals surface area contributed by atoms with Gasteiger partial charge in [0.05, 0.1) is 35.2 Å². The number of nitrogens with two attached hydrogens (primary N) is 1. The van der Waals surface area contributed by atoms with E-state index in [1.54, 1.807) is 0 Å². The standard InChI is InChI=1S/C21H25F3N8O3S2/c1-37(33,34)32-4-2-30(3-5-32)12-13-10-15-16(36-13)19(31-6-8-35-9-7-31)29-18(27-15)14-11-26-20(25)28-17(14)21(22,23)24/h10-11H,2-9,12H2,1H3,(H2,25,26,28). The van der Waals surface area contributed by atoms with E-state index >= 15 is 0 Å². The Morgan fingerprint density at radius 3 is 2.43 bits per heavy atom. The predicted molar refractivity (Wildman–Crippen MR) is 133 cm³/mol. The second-order valence-corrected chi connectivity index (χ2v) is 11.9. The number of ether oxygens (including phenoxy) is 1. The number of anilines is 2. The van der Waals surface area contributed by atoms with E-state index in [4.69, 9.17) is 10.5 Å². The lowest BCUT2D eigenvalue weighted by Crippen LogP contribution is -2.47. The van der Waals surface area contributed by atoms with Gasteiger partial charge in [-0.2, -0.15) is 17.5 Å². The average molecular weight is 559 g/mol. The largest absolute Gasteiger partial charge is 0.434 e. The van der Waals surface area contributed by atoms with Gasteiger partial charge in [-0.3, -0.25) is 4.90 Å². The number of piperazine rings is 1. The van der Waals surface area contributed by atoms with E-state index in [-0.39, 0.29) is 11.4 Å². The maximum atomic E-state index is 13.8. The zero-order valence-corrected chi connectivity index (χ0v) is 21.5. The molecule has 5 rings (SSSR count). The van der Waals surface area contributed by atoms with Crippen LogP contribution in [0.3, 0.4) is 0 Å². The van der Waals surface area contributed by atoms with E-state index in [2.05, 4.69) is 24.8 Å². The van der Waals surface area contributed by atoms with Crippen molar-refractivity contribution in [3.63, 3.8) is 0 Å². The number of nitrogen functional groups attached to an aromatic ring is 1. The lowest BCUT2D eigenvalue weighted by atomic mass is 10.2. The number of nitrogens with zero attached hydrogens (tertiary/aromatic N) is 7. The van der Waals surface area contributed by atoms with E-state index in [1.807, 2.05) is 11.0 Å². The zero-order valence-electron chi connectivity index (χ0n) is 19.9. The monoisotopic (exact) mass is 558 g/mol. The molecule has 2 fully saturated rings. The number of sulfonamides is 1. The maximum absolute atomic E-state index is 13.8. The van der Waals surface area contributed by atoms with Crippen LogP contribution in [0.1, 0.15) is 10.6 Å². The van der Waals surface area contributed by atoms with Crippen LogP contribution in [0.4, 0.5) is 24.9 Å². The summed E-state index contributed by atoms with van der Waals surface area (Å²) in [7, 11) is -3.23. The Morgan fingerprint density at radius 2 is 1.78 bits per heavy atom. The third-order valence-corrected chi connectivity index (χ3v) is 8.62. The molecular formula is C21H25F3N8O3S2. The van der Waals surface area contributed by atoms with Crippen molar-refractivity contribution < 1.29 is 26.3 Å². The number of hydrogen-bond acceptors (Lipinski definition) is 11. The second-order valence-electron chi connectivity index (χ2n) is 8.82. The molecule has 0 aliphatic carbocycles. The van der Waals surface area contributed by atoms with E-state index in [1.165, 1.54) is 21.9 Å². The average Bonchev–Trinajstić information content (AvgIpc) is 3.25. The van der Waals surface area contributed by atoms with Crippen LogP contribution in [-0.2, 0) is 27.5 Å². The van der Waals surface area contributed by atoms with Gasteiger partial charge in [0.1, 0.15) is 0 Å². The summed E-state index contributed by atoms with van der Waals surface area (Å²) in [4.78, 5) is 21.3. The van der Waals surface area contributed by atoms with Crippen LogP contribution < -0.4 is 10.6 Å². The molecule has 16 heteroatoms. The lowest BCUT2D eigenvalue weighted by molar-refractivity contribution is -0.140. The van der Waals surface area contributed by atoms with Crippen molar-refractivity contribution in [3.05, 3.63) is 22.8 Å². The number of alkyl halides is 3. The van der Waals surface area contributed by atoms with Crippen molar-refractivity contribution in [1.82, 2.24) is 29.1 Å². The van der Waals surface area contributed by atoms with Crippen LogP contribution in [0, 0.1) is 0 Å². The molecule has 0 bridgehead atoms. The predicted octanol–water partition coefficient (Wildman–Crippen LogP) is 1.66. The summed E-state index contributed by atoms with van der Waals surface area (Å²) >= 11 is 1.48. The second kappa shape index (κ2) is 9.90. The van der Waals surface area contributed by atoms with Crippen LogP contribution in [-0.4, -0.2) is 96.3 Å².